The minimum atomic E-state index is -0.123. The largest absolute Gasteiger partial charge is 0.490 e. The Hall–Kier alpha value is -2.33. The van der Waals surface area contributed by atoms with Crippen molar-refractivity contribution in [2.75, 3.05) is 33.9 Å². The minimum Gasteiger partial charge on any atom is -0.490 e. The van der Waals surface area contributed by atoms with E-state index >= 15 is 0 Å². The number of carbonyl (C=O) groups is 1. The highest BCUT2D eigenvalue weighted by Gasteiger charge is 2.15. The number of nitrogens with zero attached hydrogens (tertiary/aromatic N) is 1. The second kappa shape index (κ2) is 21.4. The van der Waals surface area contributed by atoms with Crippen LogP contribution in [0.15, 0.2) is 54.6 Å². The van der Waals surface area contributed by atoms with E-state index in [1.165, 1.54) is 88.2 Å². The Labute approximate surface area is 246 Å². The fourth-order valence-corrected chi connectivity index (χ4v) is 5.35. The standard InChI is InChI=1S/C36H58NO3/c1-4-5-6-7-8-9-10-11-12-13-14-18-25-34-26-19-20-27-35(34)39-30-31-40-36(38)28-21-22-29-37(2,3)32-33-23-16-15-17-24-33/h15-17,19-20,23-24,26-27H,4-14,18,21-22,25,28-32H2,1-3H3/q+1. The lowest BCUT2D eigenvalue weighted by Crippen LogP contribution is -2.39. The molecule has 0 aliphatic carbocycles. The zero-order valence-electron chi connectivity index (χ0n) is 26.0. The van der Waals surface area contributed by atoms with Crippen LogP contribution in [0.3, 0.4) is 0 Å². The van der Waals surface area contributed by atoms with Gasteiger partial charge in [-0.3, -0.25) is 4.79 Å². The van der Waals surface area contributed by atoms with Crippen molar-refractivity contribution in [1.29, 1.82) is 0 Å². The Balaban J connectivity index is 1.49. The number of unbranched alkanes of at least 4 members (excludes halogenated alkanes) is 12. The van der Waals surface area contributed by atoms with Gasteiger partial charge in [0.05, 0.1) is 20.6 Å². The van der Waals surface area contributed by atoms with Crippen molar-refractivity contribution in [3.63, 3.8) is 0 Å². The molecule has 0 radical (unpaired) electrons. The summed E-state index contributed by atoms with van der Waals surface area (Å²) in [7, 11) is 4.50. The third-order valence-corrected chi connectivity index (χ3v) is 7.72. The first-order chi connectivity index (χ1) is 19.5. The molecule has 40 heavy (non-hydrogen) atoms. The summed E-state index contributed by atoms with van der Waals surface area (Å²) in [6.45, 7) is 5.04. The van der Waals surface area contributed by atoms with E-state index in [9.17, 15) is 4.79 Å². The maximum Gasteiger partial charge on any atom is 0.305 e. The molecule has 4 nitrogen and oxygen atoms in total. The van der Waals surface area contributed by atoms with Crippen LogP contribution in [0.4, 0.5) is 0 Å². The minimum absolute atomic E-state index is 0.123. The lowest BCUT2D eigenvalue weighted by Gasteiger charge is -2.30. The molecule has 0 saturated heterocycles. The van der Waals surface area contributed by atoms with Crippen molar-refractivity contribution in [1.82, 2.24) is 0 Å². The zero-order chi connectivity index (χ0) is 28.7. The second-order valence-electron chi connectivity index (χ2n) is 12.1. The van der Waals surface area contributed by atoms with E-state index in [0.29, 0.717) is 19.6 Å². The molecule has 0 saturated carbocycles. The van der Waals surface area contributed by atoms with E-state index in [0.717, 1.165) is 42.6 Å². The maximum atomic E-state index is 12.2. The van der Waals surface area contributed by atoms with Crippen LogP contribution in [-0.2, 0) is 22.5 Å². The smallest absolute Gasteiger partial charge is 0.305 e. The first-order valence-corrected chi connectivity index (χ1v) is 16.2. The normalized spacial score (nSPS) is 11.5. The summed E-state index contributed by atoms with van der Waals surface area (Å²) < 4.78 is 12.4. The van der Waals surface area contributed by atoms with Crippen molar-refractivity contribution in [2.45, 2.75) is 116 Å². The molecule has 0 heterocycles. The van der Waals surface area contributed by atoms with Gasteiger partial charge in [0.25, 0.3) is 0 Å². The molecule has 0 aliphatic rings. The van der Waals surface area contributed by atoms with Crippen molar-refractivity contribution in [2.24, 2.45) is 0 Å². The lowest BCUT2D eigenvalue weighted by atomic mass is 10.0. The number of rotatable bonds is 24. The van der Waals surface area contributed by atoms with Crippen LogP contribution in [-0.4, -0.2) is 44.3 Å². The quantitative estimate of drug-likeness (QED) is 0.0739. The van der Waals surface area contributed by atoms with Crippen molar-refractivity contribution >= 4 is 5.97 Å². The van der Waals surface area contributed by atoms with Gasteiger partial charge in [-0.1, -0.05) is 126 Å². The third-order valence-electron chi connectivity index (χ3n) is 7.72. The molecule has 0 bridgehead atoms. The van der Waals surface area contributed by atoms with Gasteiger partial charge in [0.2, 0.25) is 0 Å². The molecule has 4 heteroatoms. The molecule has 2 aromatic rings. The Morgan fingerprint density at radius 3 is 1.95 bits per heavy atom. The SMILES string of the molecule is CCCCCCCCCCCCCCc1ccccc1OCCOC(=O)CCCC[N+](C)(C)Cc1ccccc1. The van der Waals surface area contributed by atoms with Gasteiger partial charge in [-0.25, -0.2) is 0 Å². The number of hydrogen-bond donors (Lipinski definition) is 0. The summed E-state index contributed by atoms with van der Waals surface area (Å²) in [6, 6.07) is 18.9. The Morgan fingerprint density at radius 2 is 1.27 bits per heavy atom. The molecule has 0 spiro atoms. The van der Waals surface area contributed by atoms with Crippen LogP contribution in [0.25, 0.3) is 0 Å². The fourth-order valence-electron chi connectivity index (χ4n) is 5.35. The van der Waals surface area contributed by atoms with Crippen LogP contribution in [0.5, 0.6) is 5.75 Å². The summed E-state index contributed by atoms with van der Waals surface area (Å²) >= 11 is 0. The van der Waals surface area contributed by atoms with E-state index in [1.54, 1.807) is 0 Å². The van der Waals surface area contributed by atoms with Crippen molar-refractivity contribution < 1.29 is 18.8 Å². The first-order valence-electron chi connectivity index (χ1n) is 16.2. The van der Waals surface area contributed by atoms with E-state index in [1.807, 2.05) is 12.1 Å². The van der Waals surface area contributed by atoms with E-state index < -0.39 is 0 Å². The van der Waals surface area contributed by atoms with Gasteiger partial charge >= 0.3 is 5.97 Å². The topological polar surface area (TPSA) is 35.5 Å². The number of para-hydroxylation sites is 1. The van der Waals surface area contributed by atoms with E-state index in [4.69, 9.17) is 9.47 Å². The number of esters is 1. The Kier molecular flexibility index (Phi) is 18.1. The predicted molar refractivity (Wildman–Crippen MR) is 169 cm³/mol. The Morgan fingerprint density at radius 1 is 0.675 bits per heavy atom. The highest BCUT2D eigenvalue weighted by atomic mass is 16.6. The molecule has 2 rings (SSSR count). The number of ether oxygens (including phenoxy) is 2. The van der Waals surface area contributed by atoms with Gasteiger partial charge in [-0.2, -0.15) is 0 Å². The third kappa shape index (κ3) is 16.7. The van der Waals surface area contributed by atoms with Crippen molar-refractivity contribution in [3.05, 3.63) is 65.7 Å². The number of quaternary nitrogens is 1. The number of carbonyl (C=O) groups excluding carboxylic acids is 1. The van der Waals surface area contributed by atoms with E-state index in [2.05, 4.69) is 63.5 Å². The second-order valence-corrected chi connectivity index (χ2v) is 12.1. The van der Waals surface area contributed by atoms with Gasteiger partial charge in [-0.05, 0) is 37.3 Å². The summed E-state index contributed by atoms with van der Waals surface area (Å²) in [5.41, 5.74) is 2.61. The number of aryl methyl sites for hydroxylation is 1. The van der Waals surface area contributed by atoms with Crippen LogP contribution in [0, 0.1) is 0 Å². The predicted octanol–water partition coefficient (Wildman–Crippen LogP) is 9.30. The number of hydrogen-bond acceptors (Lipinski definition) is 3. The van der Waals surface area contributed by atoms with Crippen LogP contribution in [0.1, 0.15) is 114 Å². The van der Waals surface area contributed by atoms with Gasteiger partial charge < -0.3 is 14.0 Å². The van der Waals surface area contributed by atoms with E-state index in [-0.39, 0.29) is 5.97 Å². The molecule has 2 aromatic carbocycles. The molecular formula is C36H58NO3+. The molecule has 0 aromatic heterocycles. The van der Waals surface area contributed by atoms with Crippen LogP contribution < -0.4 is 4.74 Å². The molecule has 0 aliphatic heterocycles. The summed E-state index contributed by atoms with van der Waals surface area (Å²) in [6.07, 6.45) is 19.8. The molecular weight excluding hydrogens is 494 g/mol. The van der Waals surface area contributed by atoms with Crippen LogP contribution in [0.2, 0.25) is 0 Å². The maximum absolute atomic E-state index is 12.2. The Bertz CT molecular complexity index is 896. The average molecular weight is 553 g/mol. The molecule has 0 unspecified atom stereocenters. The van der Waals surface area contributed by atoms with Crippen molar-refractivity contribution in [3.8, 4) is 5.75 Å². The van der Waals surface area contributed by atoms with Gasteiger partial charge in [0, 0.05) is 12.0 Å². The first kappa shape index (κ1) is 33.9. The zero-order valence-corrected chi connectivity index (χ0v) is 26.0. The molecule has 0 atom stereocenters. The molecule has 0 fully saturated rings. The van der Waals surface area contributed by atoms with Gasteiger partial charge in [-0.15, -0.1) is 0 Å². The summed E-state index contributed by atoms with van der Waals surface area (Å²) in [5.74, 6) is 0.807. The highest BCUT2D eigenvalue weighted by molar-refractivity contribution is 5.69. The molecule has 224 valence electrons. The number of benzene rings is 2. The lowest BCUT2D eigenvalue weighted by molar-refractivity contribution is -0.903. The van der Waals surface area contributed by atoms with Gasteiger partial charge in [0.15, 0.2) is 0 Å². The average Bonchev–Trinajstić information content (AvgIpc) is 2.95. The monoisotopic (exact) mass is 552 g/mol. The van der Waals surface area contributed by atoms with Gasteiger partial charge in [0.1, 0.15) is 25.5 Å². The summed E-state index contributed by atoms with van der Waals surface area (Å²) in [5, 5.41) is 0. The fraction of sp³-hybridized carbons (Fsp3) is 0.639. The highest BCUT2D eigenvalue weighted by Crippen LogP contribution is 2.21. The summed E-state index contributed by atoms with van der Waals surface area (Å²) in [4.78, 5) is 12.2. The molecule has 0 N–H and O–H groups in total. The van der Waals surface area contributed by atoms with Crippen LogP contribution >= 0.6 is 0 Å². The molecule has 0 amide bonds.